The Morgan fingerprint density at radius 2 is 2.00 bits per heavy atom. The summed E-state index contributed by atoms with van der Waals surface area (Å²) in [6, 6.07) is 11.2. The average Bonchev–Trinajstić information content (AvgIpc) is 2.46. The molecule has 1 aromatic heterocycles. The van der Waals surface area contributed by atoms with E-state index in [0.717, 1.165) is 5.56 Å². The van der Waals surface area contributed by atoms with E-state index in [1.54, 1.807) is 19.9 Å². The Labute approximate surface area is 129 Å². The molecule has 1 atom stereocenters. The number of pyridine rings is 1. The van der Waals surface area contributed by atoms with Gasteiger partial charge in [0.2, 0.25) is 0 Å². The summed E-state index contributed by atoms with van der Waals surface area (Å²) in [6.45, 7) is 3.45. The van der Waals surface area contributed by atoms with Gasteiger partial charge in [0.05, 0.1) is 0 Å². The number of benzene rings is 1. The number of H-pyrrole nitrogens is 1. The molecule has 0 radical (unpaired) electrons. The van der Waals surface area contributed by atoms with Crippen LogP contribution in [0.3, 0.4) is 0 Å². The van der Waals surface area contributed by atoms with E-state index >= 15 is 0 Å². The SMILES string of the molecule is C#CC(Cc1ccccc1)OC(=O)c1c(C)cc(C)[nH]c1=O. The number of aryl methyl sites for hydroxylation is 2. The third kappa shape index (κ3) is 3.64. The fourth-order valence-electron chi connectivity index (χ4n) is 2.26. The van der Waals surface area contributed by atoms with Crippen LogP contribution in [0.15, 0.2) is 41.2 Å². The standard InChI is InChI=1S/C18H17NO3/c1-4-15(11-14-8-6-5-7-9-14)22-18(21)16-12(2)10-13(3)19-17(16)20/h1,5-10,15H,11H2,2-3H3,(H,19,20). The number of aromatic nitrogens is 1. The fraction of sp³-hybridized carbons (Fsp3) is 0.222. The van der Waals surface area contributed by atoms with Crippen LogP contribution in [0, 0.1) is 26.2 Å². The largest absolute Gasteiger partial charge is 0.445 e. The Morgan fingerprint density at radius 1 is 1.32 bits per heavy atom. The zero-order chi connectivity index (χ0) is 16.1. The van der Waals surface area contributed by atoms with E-state index in [1.165, 1.54) is 0 Å². The number of carbonyl (C=O) groups excluding carboxylic acids is 1. The lowest BCUT2D eigenvalue weighted by atomic mass is 10.1. The third-order valence-electron chi connectivity index (χ3n) is 3.27. The molecule has 1 heterocycles. The van der Waals surface area contributed by atoms with Crippen LogP contribution >= 0.6 is 0 Å². The molecule has 0 saturated heterocycles. The molecule has 0 bridgehead atoms. The van der Waals surface area contributed by atoms with Crippen molar-refractivity contribution >= 4 is 5.97 Å². The van der Waals surface area contributed by atoms with Crippen LogP contribution in [-0.2, 0) is 11.2 Å². The number of ether oxygens (including phenoxy) is 1. The Hall–Kier alpha value is -2.80. The van der Waals surface area contributed by atoms with Crippen LogP contribution in [0.5, 0.6) is 0 Å². The van der Waals surface area contributed by atoms with Gasteiger partial charge in [-0.25, -0.2) is 4.79 Å². The van der Waals surface area contributed by atoms with Crippen LogP contribution in [0.2, 0.25) is 0 Å². The monoisotopic (exact) mass is 295 g/mol. The third-order valence-corrected chi connectivity index (χ3v) is 3.27. The molecular formula is C18H17NO3. The molecule has 112 valence electrons. The number of hydrogen-bond acceptors (Lipinski definition) is 3. The molecule has 4 nitrogen and oxygen atoms in total. The molecule has 1 unspecified atom stereocenters. The normalized spacial score (nSPS) is 11.5. The number of nitrogens with one attached hydrogen (secondary N) is 1. The quantitative estimate of drug-likeness (QED) is 0.696. The van der Waals surface area contributed by atoms with E-state index in [-0.39, 0.29) is 5.56 Å². The molecule has 1 aromatic carbocycles. The van der Waals surface area contributed by atoms with Gasteiger partial charge >= 0.3 is 5.97 Å². The van der Waals surface area contributed by atoms with Crippen LogP contribution in [0.4, 0.5) is 0 Å². The Balaban J connectivity index is 2.17. The first kappa shape index (κ1) is 15.6. The van der Waals surface area contributed by atoms with Crippen molar-refractivity contribution in [1.82, 2.24) is 4.98 Å². The number of carbonyl (C=O) groups is 1. The van der Waals surface area contributed by atoms with Gasteiger partial charge in [0.15, 0.2) is 6.10 Å². The van der Waals surface area contributed by atoms with Crippen molar-refractivity contribution < 1.29 is 9.53 Å². The Kier molecular flexibility index (Phi) is 4.80. The van der Waals surface area contributed by atoms with Crippen LogP contribution < -0.4 is 5.56 Å². The van der Waals surface area contributed by atoms with Crippen molar-refractivity contribution in [3.63, 3.8) is 0 Å². The van der Waals surface area contributed by atoms with Crippen molar-refractivity contribution in [1.29, 1.82) is 0 Å². The highest BCUT2D eigenvalue weighted by molar-refractivity contribution is 5.90. The van der Waals surface area contributed by atoms with Crippen molar-refractivity contribution in [3.05, 3.63) is 69.1 Å². The maximum Gasteiger partial charge on any atom is 0.345 e. The molecule has 1 N–H and O–H groups in total. The topological polar surface area (TPSA) is 59.2 Å². The van der Waals surface area contributed by atoms with Gasteiger partial charge in [-0.2, -0.15) is 0 Å². The Bertz CT molecular complexity index is 769. The lowest BCUT2D eigenvalue weighted by molar-refractivity contribution is 0.0408. The van der Waals surface area contributed by atoms with Gasteiger partial charge in [0.1, 0.15) is 5.56 Å². The van der Waals surface area contributed by atoms with Crippen LogP contribution in [0.25, 0.3) is 0 Å². The minimum atomic E-state index is -0.713. The molecule has 0 fully saturated rings. The van der Waals surface area contributed by atoms with Crippen LogP contribution in [-0.4, -0.2) is 17.1 Å². The molecule has 2 aromatic rings. The van der Waals surface area contributed by atoms with E-state index in [4.69, 9.17) is 11.2 Å². The summed E-state index contributed by atoms with van der Waals surface area (Å²) in [5, 5.41) is 0. The molecule has 0 aliphatic heterocycles. The molecule has 0 spiro atoms. The highest BCUT2D eigenvalue weighted by atomic mass is 16.5. The minimum Gasteiger partial charge on any atom is -0.445 e. The zero-order valence-corrected chi connectivity index (χ0v) is 12.6. The molecule has 0 amide bonds. The average molecular weight is 295 g/mol. The molecule has 4 heteroatoms. The summed E-state index contributed by atoms with van der Waals surface area (Å²) in [4.78, 5) is 26.7. The maximum absolute atomic E-state index is 12.2. The van der Waals surface area contributed by atoms with Gasteiger partial charge in [0, 0.05) is 12.1 Å². The number of aromatic amines is 1. The smallest absolute Gasteiger partial charge is 0.345 e. The van der Waals surface area contributed by atoms with E-state index in [1.807, 2.05) is 30.3 Å². The predicted molar refractivity (Wildman–Crippen MR) is 84.7 cm³/mol. The number of rotatable bonds is 4. The summed E-state index contributed by atoms with van der Waals surface area (Å²) < 4.78 is 5.30. The van der Waals surface area contributed by atoms with Gasteiger partial charge in [-0.15, -0.1) is 6.42 Å². The second-order valence-electron chi connectivity index (χ2n) is 5.09. The van der Waals surface area contributed by atoms with E-state index in [2.05, 4.69) is 10.9 Å². The van der Waals surface area contributed by atoms with Gasteiger partial charge in [0.25, 0.3) is 5.56 Å². The van der Waals surface area contributed by atoms with Gasteiger partial charge in [-0.3, -0.25) is 4.79 Å². The molecule has 0 aliphatic rings. The summed E-state index contributed by atoms with van der Waals surface area (Å²) in [6.07, 6.45) is 5.13. The summed E-state index contributed by atoms with van der Waals surface area (Å²) in [5.74, 6) is 1.75. The Morgan fingerprint density at radius 3 is 2.59 bits per heavy atom. The fourth-order valence-corrected chi connectivity index (χ4v) is 2.26. The second kappa shape index (κ2) is 6.77. The summed E-state index contributed by atoms with van der Waals surface area (Å²) in [7, 11) is 0. The number of hydrogen-bond donors (Lipinski definition) is 1. The lowest BCUT2D eigenvalue weighted by Crippen LogP contribution is -2.26. The van der Waals surface area contributed by atoms with Gasteiger partial charge < -0.3 is 9.72 Å². The number of terminal acetylenes is 1. The molecule has 2 rings (SSSR count). The van der Waals surface area contributed by atoms with Crippen molar-refractivity contribution in [2.75, 3.05) is 0 Å². The minimum absolute atomic E-state index is 0.00101. The molecule has 0 aliphatic carbocycles. The lowest BCUT2D eigenvalue weighted by Gasteiger charge is -2.13. The summed E-state index contributed by atoms with van der Waals surface area (Å²) >= 11 is 0. The first-order valence-corrected chi connectivity index (χ1v) is 6.93. The maximum atomic E-state index is 12.2. The van der Waals surface area contributed by atoms with E-state index in [9.17, 15) is 9.59 Å². The predicted octanol–water partition coefficient (Wildman–Crippen LogP) is 2.39. The highest BCUT2D eigenvalue weighted by Crippen LogP contribution is 2.10. The van der Waals surface area contributed by atoms with Gasteiger partial charge in [-0.05, 0) is 31.0 Å². The molecule has 0 saturated carbocycles. The first-order chi connectivity index (χ1) is 10.5. The first-order valence-electron chi connectivity index (χ1n) is 6.93. The van der Waals surface area contributed by atoms with Crippen LogP contribution in [0.1, 0.15) is 27.2 Å². The van der Waals surface area contributed by atoms with Gasteiger partial charge in [-0.1, -0.05) is 36.3 Å². The molecule has 22 heavy (non-hydrogen) atoms. The van der Waals surface area contributed by atoms with E-state index < -0.39 is 17.6 Å². The number of esters is 1. The van der Waals surface area contributed by atoms with Crippen molar-refractivity contribution in [2.24, 2.45) is 0 Å². The van der Waals surface area contributed by atoms with E-state index in [0.29, 0.717) is 17.7 Å². The summed E-state index contributed by atoms with van der Waals surface area (Å²) in [5.41, 5.74) is 1.77. The highest BCUT2D eigenvalue weighted by Gasteiger charge is 2.19. The van der Waals surface area contributed by atoms with Crippen molar-refractivity contribution in [2.45, 2.75) is 26.4 Å². The van der Waals surface area contributed by atoms with Crippen molar-refractivity contribution in [3.8, 4) is 12.3 Å². The molecular weight excluding hydrogens is 278 g/mol. The second-order valence-corrected chi connectivity index (χ2v) is 5.09. The zero-order valence-electron chi connectivity index (χ0n) is 12.6.